The first-order chi connectivity index (χ1) is 9.54. The molecule has 6 nitrogen and oxygen atoms in total. The van der Waals surface area contributed by atoms with Gasteiger partial charge in [-0.3, -0.25) is 5.10 Å². The second kappa shape index (κ2) is 6.54. The van der Waals surface area contributed by atoms with Crippen LogP contribution in [-0.2, 0) is 11.2 Å². The lowest BCUT2D eigenvalue weighted by Crippen LogP contribution is -2.37. The number of nitrogens with one attached hydrogen (secondary N) is 2. The van der Waals surface area contributed by atoms with E-state index in [2.05, 4.69) is 39.2 Å². The molecule has 0 amide bonds. The van der Waals surface area contributed by atoms with Crippen LogP contribution in [0.2, 0.25) is 0 Å². The summed E-state index contributed by atoms with van der Waals surface area (Å²) in [6, 6.07) is 0. The summed E-state index contributed by atoms with van der Waals surface area (Å²) in [5.41, 5.74) is -0.212. The van der Waals surface area contributed by atoms with Crippen molar-refractivity contribution in [2.24, 2.45) is 5.92 Å². The van der Waals surface area contributed by atoms with Gasteiger partial charge in [-0.15, -0.1) is 5.10 Å². The van der Waals surface area contributed by atoms with Crippen LogP contribution < -0.4 is 10.2 Å². The van der Waals surface area contributed by atoms with E-state index in [1.165, 1.54) is 12.8 Å². The fourth-order valence-corrected chi connectivity index (χ4v) is 2.61. The van der Waals surface area contributed by atoms with E-state index >= 15 is 0 Å². The molecule has 1 fully saturated rings. The molecule has 1 aliphatic rings. The van der Waals surface area contributed by atoms with Gasteiger partial charge in [-0.1, -0.05) is 0 Å². The van der Waals surface area contributed by atoms with Crippen molar-refractivity contribution in [3.8, 4) is 0 Å². The lowest BCUT2D eigenvalue weighted by Gasteiger charge is -2.31. The third kappa shape index (κ3) is 3.93. The summed E-state index contributed by atoms with van der Waals surface area (Å²) in [4.78, 5) is 6.87. The van der Waals surface area contributed by atoms with Crippen molar-refractivity contribution in [1.82, 2.24) is 20.5 Å². The van der Waals surface area contributed by atoms with E-state index in [-0.39, 0.29) is 5.60 Å². The SMILES string of the molecule is CNCC1CCN(c2n[nH]c(CC(C)(C)OC)n2)CC1. The van der Waals surface area contributed by atoms with Crippen molar-refractivity contribution >= 4 is 5.95 Å². The van der Waals surface area contributed by atoms with Gasteiger partial charge in [0.2, 0.25) is 5.95 Å². The highest BCUT2D eigenvalue weighted by molar-refractivity contribution is 5.29. The first-order valence-corrected chi connectivity index (χ1v) is 7.40. The van der Waals surface area contributed by atoms with E-state index in [0.29, 0.717) is 0 Å². The first kappa shape index (κ1) is 15.3. The third-order valence-electron chi connectivity index (χ3n) is 4.06. The van der Waals surface area contributed by atoms with Crippen LogP contribution in [0.1, 0.15) is 32.5 Å². The number of hydrogen-bond donors (Lipinski definition) is 2. The molecule has 1 saturated heterocycles. The van der Waals surface area contributed by atoms with Gasteiger partial charge in [-0.25, -0.2) is 0 Å². The second-order valence-electron chi connectivity index (χ2n) is 6.21. The Morgan fingerprint density at radius 1 is 1.40 bits per heavy atom. The standard InChI is InChI=1S/C14H27N5O/c1-14(2,20-4)9-12-16-13(18-17-12)19-7-5-11(6-8-19)10-15-3/h11,15H,5-10H2,1-4H3,(H,16,17,18). The van der Waals surface area contributed by atoms with Gasteiger partial charge in [0.25, 0.3) is 0 Å². The molecule has 0 bridgehead atoms. The molecule has 114 valence electrons. The smallest absolute Gasteiger partial charge is 0.244 e. The van der Waals surface area contributed by atoms with E-state index < -0.39 is 0 Å². The van der Waals surface area contributed by atoms with Crippen molar-refractivity contribution in [2.45, 2.75) is 38.7 Å². The summed E-state index contributed by atoms with van der Waals surface area (Å²) < 4.78 is 5.43. The zero-order valence-electron chi connectivity index (χ0n) is 13.1. The Kier molecular flexibility index (Phi) is 4.99. The van der Waals surface area contributed by atoms with E-state index in [1.807, 2.05) is 7.05 Å². The maximum Gasteiger partial charge on any atom is 0.244 e. The van der Waals surface area contributed by atoms with Crippen molar-refractivity contribution in [3.63, 3.8) is 0 Å². The molecule has 1 aromatic rings. The Morgan fingerprint density at radius 3 is 2.70 bits per heavy atom. The van der Waals surface area contributed by atoms with Gasteiger partial charge in [-0.05, 0) is 46.2 Å². The molecule has 0 unspecified atom stereocenters. The molecule has 0 spiro atoms. The van der Waals surface area contributed by atoms with Gasteiger partial charge in [0.05, 0.1) is 5.60 Å². The minimum atomic E-state index is -0.212. The molecule has 0 aromatic carbocycles. The Bertz CT molecular complexity index is 409. The van der Waals surface area contributed by atoms with Crippen LogP contribution in [0.15, 0.2) is 0 Å². The molecule has 0 saturated carbocycles. The van der Waals surface area contributed by atoms with Crippen molar-refractivity contribution in [1.29, 1.82) is 0 Å². The van der Waals surface area contributed by atoms with Crippen LogP contribution in [0.3, 0.4) is 0 Å². The maximum atomic E-state index is 5.43. The molecule has 20 heavy (non-hydrogen) atoms. The predicted molar refractivity (Wildman–Crippen MR) is 80.0 cm³/mol. The zero-order chi connectivity index (χ0) is 14.6. The van der Waals surface area contributed by atoms with Crippen LogP contribution in [0.25, 0.3) is 0 Å². The number of nitrogens with zero attached hydrogens (tertiary/aromatic N) is 3. The second-order valence-corrected chi connectivity index (χ2v) is 6.21. The molecule has 0 aliphatic carbocycles. The number of H-pyrrole nitrogens is 1. The van der Waals surface area contributed by atoms with Crippen molar-refractivity contribution in [3.05, 3.63) is 5.82 Å². The monoisotopic (exact) mass is 281 g/mol. The highest BCUT2D eigenvalue weighted by Gasteiger charge is 2.23. The number of anilines is 1. The Hall–Kier alpha value is -1.14. The molecule has 0 atom stereocenters. The summed E-state index contributed by atoms with van der Waals surface area (Å²) in [7, 11) is 3.75. The lowest BCUT2D eigenvalue weighted by molar-refractivity contribution is 0.0216. The van der Waals surface area contributed by atoms with Crippen LogP contribution in [0, 0.1) is 5.92 Å². The number of methoxy groups -OCH3 is 1. The summed E-state index contributed by atoms with van der Waals surface area (Å²) in [5, 5.41) is 10.6. The van der Waals surface area contributed by atoms with E-state index in [0.717, 1.165) is 43.7 Å². The number of aromatic nitrogens is 3. The van der Waals surface area contributed by atoms with Crippen LogP contribution >= 0.6 is 0 Å². The molecule has 2 N–H and O–H groups in total. The quantitative estimate of drug-likeness (QED) is 0.820. The van der Waals surface area contributed by atoms with Gasteiger partial charge >= 0.3 is 0 Å². The summed E-state index contributed by atoms with van der Waals surface area (Å²) in [6.07, 6.45) is 3.15. The molecule has 1 aromatic heterocycles. The lowest BCUT2D eigenvalue weighted by atomic mass is 9.97. The van der Waals surface area contributed by atoms with Crippen molar-refractivity contribution in [2.75, 3.05) is 38.7 Å². The summed E-state index contributed by atoms with van der Waals surface area (Å²) >= 11 is 0. The normalized spacial score (nSPS) is 17.7. The zero-order valence-corrected chi connectivity index (χ0v) is 13.1. The Balaban J connectivity index is 1.90. The molecule has 6 heteroatoms. The summed E-state index contributed by atoms with van der Waals surface area (Å²) in [5.74, 6) is 2.50. The van der Waals surface area contributed by atoms with Crippen LogP contribution in [0.4, 0.5) is 5.95 Å². The molecule has 1 aliphatic heterocycles. The average molecular weight is 281 g/mol. The maximum absolute atomic E-state index is 5.43. The van der Waals surface area contributed by atoms with Gasteiger partial charge < -0.3 is 15.0 Å². The highest BCUT2D eigenvalue weighted by atomic mass is 16.5. The summed E-state index contributed by atoms with van der Waals surface area (Å²) in [6.45, 7) is 7.29. The highest BCUT2D eigenvalue weighted by Crippen LogP contribution is 2.21. The van der Waals surface area contributed by atoms with Gasteiger partial charge in [0, 0.05) is 26.6 Å². The minimum Gasteiger partial charge on any atom is -0.378 e. The van der Waals surface area contributed by atoms with Crippen LogP contribution in [0.5, 0.6) is 0 Å². The fraction of sp³-hybridized carbons (Fsp3) is 0.857. The number of rotatable bonds is 6. The Morgan fingerprint density at radius 2 is 2.10 bits per heavy atom. The van der Waals surface area contributed by atoms with Gasteiger partial charge in [-0.2, -0.15) is 4.98 Å². The minimum absolute atomic E-state index is 0.212. The van der Waals surface area contributed by atoms with E-state index in [1.54, 1.807) is 7.11 Å². The molecular formula is C14H27N5O. The average Bonchev–Trinajstić information content (AvgIpc) is 2.88. The number of piperidine rings is 1. The van der Waals surface area contributed by atoms with E-state index in [4.69, 9.17) is 4.74 Å². The van der Waals surface area contributed by atoms with E-state index in [9.17, 15) is 0 Å². The van der Waals surface area contributed by atoms with Crippen LogP contribution in [-0.4, -0.2) is 54.6 Å². The van der Waals surface area contributed by atoms with Gasteiger partial charge in [0.1, 0.15) is 5.82 Å². The fourth-order valence-electron chi connectivity index (χ4n) is 2.61. The number of hydrogen-bond acceptors (Lipinski definition) is 5. The predicted octanol–water partition coefficient (Wildman–Crippen LogP) is 1.21. The molecule has 0 radical (unpaired) electrons. The van der Waals surface area contributed by atoms with Gasteiger partial charge in [0.15, 0.2) is 0 Å². The largest absolute Gasteiger partial charge is 0.378 e. The number of ether oxygens (including phenoxy) is 1. The Labute approximate surface area is 121 Å². The third-order valence-corrected chi connectivity index (χ3v) is 4.06. The topological polar surface area (TPSA) is 66.1 Å². The molecule has 2 rings (SSSR count). The first-order valence-electron chi connectivity index (χ1n) is 7.40. The van der Waals surface area contributed by atoms with Crippen molar-refractivity contribution < 1.29 is 4.74 Å². The number of aromatic amines is 1. The molecule has 2 heterocycles. The molecular weight excluding hydrogens is 254 g/mol.